The summed E-state index contributed by atoms with van der Waals surface area (Å²) in [6.45, 7) is 7.76. The maximum absolute atomic E-state index is 13.8. The standard InChI is InChI=1S/C40H44ClFN4O5/c1-7-50-39(47)38-30(11-9-19-51-33-12-8-10-25-20-27(42)14-16-29(25)33)31-17-18-32(41)36(37(31)44-38)40(3)24(2)46(4)45-35(40)23-43-22-26-13-15-28(48-5)21-34(26)49-6/h8,10,12-18,20-21,24,43-44H,7,9,11,19,22-23H2,1-6H3. The molecule has 0 saturated carbocycles. The summed E-state index contributed by atoms with van der Waals surface area (Å²) in [5.74, 6) is 1.43. The number of fused-ring (bicyclic) bond motifs is 2. The Labute approximate surface area is 302 Å². The normalized spacial score (nSPS) is 17.2. The molecule has 0 radical (unpaired) electrons. The monoisotopic (exact) mass is 714 g/mol. The van der Waals surface area contributed by atoms with Gasteiger partial charge in [0.15, 0.2) is 0 Å². The Hall–Kier alpha value is -4.80. The molecular weight excluding hydrogens is 671 g/mol. The van der Waals surface area contributed by atoms with Gasteiger partial charge in [0.05, 0.1) is 50.1 Å². The molecule has 51 heavy (non-hydrogen) atoms. The Morgan fingerprint density at radius 1 is 1.04 bits per heavy atom. The second kappa shape index (κ2) is 15.2. The van der Waals surface area contributed by atoms with Crippen molar-refractivity contribution in [2.24, 2.45) is 5.10 Å². The van der Waals surface area contributed by atoms with Crippen molar-refractivity contribution in [3.8, 4) is 17.2 Å². The van der Waals surface area contributed by atoms with E-state index in [0.717, 1.165) is 55.6 Å². The van der Waals surface area contributed by atoms with Crippen LogP contribution in [-0.4, -0.2) is 68.7 Å². The number of aryl methyl sites for hydroxylation is 1. The fourth-order valence-electron chi connectivity index (χ4n) is 7.10. The van der Waals surface area contributed by atoms with E-state index in [0.29, 0.717) is 49.0 Å². The molecule has 1 aliphatic heterocycles. The van der Waals surface area contributed by atoms with E-state index < -0.39 is 11.4 Å². The van der Waals surface area contributed by atoms with E-state index in [1.165, 1.54) is 12.1 Å². The van der Waals surface area contributed by atoms with Crippen LogP contribution in [0.4, 0.5) is 4.39 Å². The van der Waals surface area contributed by atoms with Crippen LogP contribution in [0.1, 0.15) is 54.4 Å². The fraction of sp³-hybridized carbons (Fsp3) is 0.350. The van der Waals surface area contributed by atoms with Gasteiger partial charge >= 0.3 is 5.97 Å². The van der Waals surface area contributed by atoms with Crippen molar-refractivity contribution < 1.29 is 28.1 Å². The molecule has 0 amide bonds. The van der Waals surface area contributed by atoms with Crippen LogP contribution < -0.4 is 19.5 Å². The predicted molar refractivity (Wildman–Crippen MR) is 200 cm³/mol. The van der Waals surface area contributed by atoms with E-state index in [-0.39, 0.29) is 18.5 Å². The number of nitrogens with zero attached hydrogens (tertiary/aromatic N) is 2. The predicted octanol–water partition coefficient (Wildman–Crippen LogP) is 8.06. The first-order chi connectivity index (χ1) is 24.6. The number of ether oxygens (including phenoxy) is 4. The topological polar surface area (TPSA) is 97.4 Å². The summed E-state index contributed by atoms with van der Waals surface area (Å²) >= 11 is 7.10. The molecule has 268 valence electrons. The van der Waals surface area contributed by atoms with Gasteiger partial charge in [0.25, 0.3) is 0 Å². The van der Waals surface area contributed by atoms with Crippen molar-refractivity contribution in [2.45, 2.75) is 51.6 Å². The van der Waals surface area contributed by atoms with Crippen LogP contribution in [0.15, 0.2) is 71.8 Å². The van der Waals surface area contributed by atoms with E-state index in [1.807, 2.05) is 60.6 Å². The van der Waals surface area contributed by atoms with E-state index in [1.54, 1.807) is 27.2 Å². The Balaban J connectivity index is 1.29. The van der Waals surface area contributed by atoms with Crippen molar-refractivity contribution in [3.63, 3.8) is 0 Å². The highest BCUT2D eigenvalue weighted by Crippen LogP contribution is 2.45. The molecule has 9 nitrogen and oxygen atoms in total. The minimum absolute atomic E-state index is 0.0479. The molecule has 4 aromatic carbocycles. The highest BCUT2D eigenvalue weighted by atomic mass is 35.5. The SMILES string of the molecule is CCOC(=O)c1[nH]c2c(C3(C)C(CNCc4ccc(OC)cc4OC)=NN(C)C3C)c(Cl)ccc2c1CCCOc1cccc2cc(F)ccc12. The summed E-state index contributed by atoms with van der Waals surface area (Å²) in [6.07, 6.45) is 1.17. The largest absolute Gasteiger partial charge is 0.497 e. The Kier molecular flexibility index (Phi) is 10.7. The van der Waals surface area contributed by atoms with Crippen LogP contribution >= 0.6 is 11.6 Å². The number of aromatic nitrogens is 1. The molecule has 2 heterocycles. The van der Waals surface area contributed by atoms with Crippen molar-refractivity contribution in [3.05, 3.63) is 100.0 Å². The number of benzene rings is 4. The van der Waals surface area contributed by atoms with Gasteiger partial charge in [-0.15, -0.1) is 0 Å². The first-order valence-corrected chi connectivity index (χ1v) is 17.5. The van der Waals surface area contributed by atoms with E-state index in [4.69, 9.17) is 35.6 Å². The van der Waals surface area contributed by atoms with Gasteiger partial charge in [-0.05, 0) is 81.0 Å². The Bertz CT molecular complexity index is 2100. The Morgan fingerprint density at radius 2 is 1.84 bits per heavy atom. The van der Waals surface area contributed by atoms with Gasteiger partial charge in [-0.1, -0.05) is 35.9 Å². The molecule has 0 spiro atoms. The molecule has 5 aromatic rings. The van der Waals surface area contributed by atoms with Gasteiger partial charge < -0.3 is 29.2 Å². The third kappa shape index (κ3) is 6.95. The zero-order chi connectivity index (χ0) is 36.3. The molecule has 2 atom stereocenters. The first-order valence-electron chi connectivity index (χ1n) is 17.1. The number of esters is 1. The van der Waals surface area contributed by atoms with Crippen LogP contribution in [-0.2, 0) is 23.1 Å². The third-order valence-corrected chi connectivity index (χ3v) is 10.4. The zero-order valence-corrected chi connectivity index (χ0v) is 30.6. The number of methoxy groups -OCH3 is 2. The molecule has 2 unspecified atom stereocenters. The van der Waals surface area contributed by atoms with Gasteiger partial charge in [0, 0.05) is 53.1 Å². The lowest BCUT2D eigenvalue weighted by atomic mass is 9.72. The number of carbonyl (C=O) groups excluding carboxylic acids is 1. The smallest absolute Gasteiger partial charge is 0.355 e. The number of carbonyl (C=O) groups is 1. The van der Waals surface area contributed by atoms with Crippen molar-refractivity contribution in [2.75, 3.05) is 41.0 Å². The quantitative estimate of drug-likeness (QED) is 0.0888. The number of H-pyrrole nitrogens is 1. The summed E-state index contributed by atoms with van der Waals surface area (Å²) in [6, 6.07) is 19.8. The maximum atomic E-state index is 13.8. The molecule has 0 bridgehead atoms. The van der Waals surface area contributed by atoms with Crippen molar-refractivity contribution >= 4 is 45.0 Å². The van der Waals surface area contributed by atoms with E-state index in [2.05, 4.69) is 24.1 Å². The molecule has 11 heteroatoms. The van der Waals surface area contributed by atoms with Gasteiger partial charge in [0.1, 0.15) is 28.8 Å². The molecule has 0 saturated heterocycles. The minimum atomic E-state index is -0.618. The number of hydrogen-bond acceptors (Lipinski definition) is 8. The number of likely N-dealkylation sites (N-methyl/N-ethyl adjacent to an activating group) is 1. The van der Waals surface area contributed by atoms with Crippen LogP contribution in [0.3, 0.4) is 0 Å². The van der Waals surface area contributed by atoms with Gasteiger partial charge in [-0.3, -0.25) is 5.01 Å². The van der Waals surface area contributed by atoms with E-state index >= 15 is 0 Å². The van der Waals surface area contributed by atoms with Crippen molar-refractivity contribution in [1.29, 1.82) is 0 Å². The fourth-order valence-corrected chi connectivity index (χ4v) is 7.46. The number of halogens is 2. The van der Waals surface area contributed by atoms with Crippen LogP contribution in [0.25, 0.3) is 21.7 Å². The van der Waals surface area contributed by atoms with Gasteiger partial charge in [-0.2, -0.15) is 5.10 Å². The minimum Gasteiger partial charge on any atom is -0.497 e. The third-order valence-electron chi connectivity index (χ3n) is 10.0. The van der Waals surface area contributed by atoms with E-state index in [9.17, 15) is 9.18 Å². The van der Waals surface area contributed by atoms with Gasteiger partial charge in [0.2, 0.25) is 0 Å². The second-order valence-electron chi connectivity index (χ2n) is 12.9. The highest BCUT2D eigenvalue weighted by molar-refractivity contribution is 6.33. The van der Waals surface area contributed by atoms with Crippen LogP contribution in [0, 0.1) is 5.82 Å². The van der Waals surface area contributed by atoms with Crippen LogP contribution in [0.2, 0.25) is 5.02 Å². The molecule has 0 aliphatic carbocycles. The summed E-state index contributed by atoms with van der Waals surface area (Å²) in [5, 5.41) is 13.6. The zero-order valence-electron chi connectivity index (χ0n) is 29.9. The summed E-state index contributed by atoms with van der Waals surface area (Å²) in [4.78, 5) is 16.9. The molecule has 6 rings (SSSR count). The van der Waals surface area contributed by atoms with Crippen molar-refractivity contribution in [1.82, 2.24) is 15.3 Å². The molecular formula is C40H44ClFN4O5. The lowest BCUT2D eigenvalue weighted by molar-refractivity contribution is 0.0519. The first kappa shape index (κ1) is 36.0. The maximum Gasteiger partial charge on any atom is 0.355 e. The number of aromatic amines is 1. The second-order valence-corrected chi connectivity index (χ2v) is 13.3. The Morgan fingerprint density at radius 3 is 2.61 bits per heavy atom. The summed E-state index contributed by atoms with van der Waals surface area (Å²) < 4.78 is 36.5. The molecule has 2 N–H and O–H groups in total. The number of nitrogens with one attached hydrogen (secondary N) is 2. The average molecular weight is 715 g/mol. The molecule has 0 fully saturated rings. The molecule has 1 aliphatic rings. The van der Waals surface area contributed by atoms with Crippen LogP contribution in [0.5, 0.6) is 17.2 Å². The number of hydrazone groups is 1. The summed E-state index contributed by atoms with van der Waals surface area (Å²) in [5.41, 5.74) is 4.19. The summed E-state index contributed by atoms with van der Waals surface area (Å²) in [7, 11) is 5.24. The number of hydrogen-bond donors (Lipinski definition) is 2. The highest BCUT2D eigenvalue weighted by Gasteiger charge is 2.47. The average Bonchev–Trinajstić information content (AvgIpc) is 3.60. The number of rotatable bonds is 14. The molecule has 1 aromatic heterocycles. The van der Waals surface area contributed by atoms with Gasteiger partial charge in [-0.25, -0.2) is 9.18 Å². The lowest BCUT2D eigenvalue weighted by Crippen LogP contribution is -2.45. The lowest BCUT2D eigenvalue weighted by Gasteiger charge is -2.34.